The zero-order valence-corrected chi connectivity index (χ0v) is 36.9. The highest BCUT2D eigenvalue weighted by Crippen LogP contribution is 2.40. The van der Waals surface area contributed by atoms with Crippen molar-refractivity contribution in [2.75, 3.05) is 28.7 Å². The monoisotopic (exact) mass is 867 g/mol. The standard InChI is InChI=1S/C24H31N3O3S.C24H30N2O3S/c28-24(26-23-21-12-6-10-19(21)16-20-11-7-13-22(20)23)27-31(29,30)15-5-4-14-25-17-18-8-2-1-3-9-18;27-24(25-23-21-14-7-12-19(21)17-20-13-8-15-22(20)23)26-30(28,29)16-6-2-5-11-18-9-3-1-4-10-18/h1-3,8-9,16,25H,4-7,10-15,17H2,(H2,26,27,28);1,3-4,9-10,17H,2,5-8,11-16H2,(H2,25,26,27). The number of urea groups is 2. The molecule has 0 radical (unpaired) electrons. The molecule has 4 aliphatic carbocycles. The number of unbranched alkanes of at least 4 members (excludes halogenated alkanes) is 3. The van der Waals surface area contributed by atoms with Gasteiger partial charge in [-0.2, -0.15) is 0 Å². The molecule has 0 saturated heterocycles. The molecule has 61 heavy (non-hydrogen) atoms. The molecular formula is C48H61N5O6S2. The van der Waals surface area contributed by atoms with Gasteiger partial charge < -0.3 is 16.0 Å². The molecule has 0 spiro atoms. The van der Waals surface area contributed by atoms with Gasteiger partial charge in [0.05, 0.1) is 11.5 Å². The summed E-state index contributed by atoms with van der Waals surface area (Å²) in [5.74, 6) is -0.0847. The summed E-state index contributed by atoms with van der Waals surface area (Å²) in [5, 5.41) is 9.09. The average Bonchev–Trinajstić information content (AvgIpc) is 4.08. The molecule has 4 amide bonds. The summed E-state index contributed by atoms with van der Waals surface area (Å²) in [6.45, 7) is 1.50. The number of aryl methyl sites for hydroxylation is 5. The minimum Gasteiger partial charge on any atom is -0.313 e. The van der Waals surface area contributed by atoms with Crippen molar-refractivity contribution >= 4 is 43.5 Å². The highest BCUT2D eigenvalue weighted by molar-refractivity contribution is 7.90. The summed E-state index contributed by atoms with van der Waals surface area (Å²) in [6.07, 6.45) is 16.8. The minimum absolute atomic E-state index is 0.0276. The van der Waals surface area contributed by atoms with Gasteiger partial charge >= 0.3 is 12.1 Å². The third kappa shape index (κ3) is 12.4. The number of hydrogen-bond donors (Lipinski definition) is 5. The van der Waals surface area contributed by atoms with Crippen LogP contribution in [0.4, 0.5) is 21.0 Å². The number of carbonyl (C=O) groups excluding carboxylic acids is 2. The second-order valence-electron chi connectivity index (χ2n) is 16.9. The summed E-state index contributed by atoms with van der Waals surface area (Å²) in [7, 11) is -7.29. The molecule has 0 atom stereocenters. The Morgan fingerprint density at radius 2 is 0.885 bits per heavy atom. The lowest BCUT2D eigenvalue weighted by Crippen LogP contribution is -2.36. The summed E-state index contributed by atoms with van der Waals surface area (Å²) in [4.78, 5) is 25.0. The molecule has 326 valence electrons. The molecule has 0 aromatic heterocycles. The summed E-state index contributed by atoms with van der Waals surface area (Å²) >= 11 is 0. The highest BCUT2D eigenvalue weighted by Gasteiger charge is 2.27. The van der Waals surface area contributed by atoms with Gasteiger partial charge in [0.2, 0.25) is 20.0 Å². The number of carbonyl (C=O) groups is 2. The Bertz CT molecular complexity index is 2320. The number of fused-ring (bicyclic) bond motifs is 4. The maximum atomic E-state index is 12.5. The van der Waals surface area contributed by atoms with Crippen molar-refractivity contribution in [3.8, 4) is 0 Å². The summed E-state index contributed by atoms with van der Waals surface area (Å²) in [5.41, 5.74) is 14.2. The van der Waals surface area contributed by atoms with E-state index in [0.717, 1.165) is 127 Å². The predicted molar refractivity (Wildman–Crippen MR) is 244 cm³/mol. The molecule has 0 heterocycles. The van der Waals surface area contributed by atoms with Crippen LogP contribution in [-0.4, -0.2) is 46.9 Å². The van der Waals surface area contributed by atoms with Gasteiger partial charge in [-0.3, -0.25) is 0 Å². The number of sulfonamides is 2. The number of hydrogen-bond acceptors (Lipinski definition) is 7. The van der Waals surface area contributed by atoms with E-state index in [1.165, 1.54) is 55.6 Å². The third-order valence-corrected chi connectivity index (χ3v) is 15.0. The molecule has 4 aromatic rings. The van der Waals surface area contributed by atoms with Gasteiger partial charge in [-0.1, -0.05) is 79.2 Å². The van der Waals surface area contributed by atoms with Crippen LogP contribution in [0.25, 0.3) is 0 Å². The first kappa shape index (κ1) is 44.3. The number of benzene rings is 4. The van der Waals surface area contributed by atoms with Gasteiger partial charge in [-0.05, 0) is 171 Å². The maximum Gasteiger partial charge on any atom is 0.332 e. The Morgan fingerprint density at radius 3 is 1.33 bits per heavy atom. The minimum atomic E-state index is -3.66. The lowest BCUT2D eigenvalue weighted by Gasteiger charge is -2.16. The number of nitrogens with one attached hydrogen (secondary N) is 5. The van der Waals surface area contributed by atoms with Crippen LogP contribution in [0, 0.1) is 0 Å². The van der Waals surface area contributed by atoms with E-state index < -0.39 is 32.1 Å². The second-order valence-corrected chi connectivity index (χ2v) is 20.6. The Morgan fingerprint density at radius 1 is 0.475 bits per heavy atom. The molecule has 11 nitrogen and oxygen atoms in total. The van der Waals surface area contributed by atoms with Gasteiger partial charge in [0.1, 0.15) is 0 Å². The largest absolute Gasteiger partial charge is 0.332 e. The molecule has 0 unspecified atom stereocenters. The zero-order valence-electron chi connectivity index (χ0n) is 35.3. The van der Waals surface area contributed by atoms with E-state index >= 15 is 0 Å². The van der Waals surface area contributed by atoms with E-state index in [1.807, 2.05) is 36.4 Å². The molecule has 4 aromatic carbocycles. The maximum absolute atomic E-state index is 12.5. The highest BCUT2D eigenvalue weighted by atomic mass is 32.2. The molecule has 4 aliphatic rings. The summed E-state index contributed by atoms with van der Waals surface area (Å²) in [6, 6.07) is 23.6. The van der Waals surface area contributed by atoms with Gasteiger partial charge in [-0.15, -0.1) is 0 Å². The fraction of sp³-hybridized carbons (Fsp3) is 0.458. The van der Waals surface area contributed by atoms with E-state index in [4.69, 9.17) is 0 Å². The number of anilines is 2. The van der Waals surface area contributed by atoms with Crippen molar-refractivity contribution in [1.29, 1.82) is 0 Å². The lowest BCUT2D eigenvalue weighted by molar-refractivity contribution is 0.255. The molecule has 0 aliphatic heterocycles. The zero-order chi connectivity index (χ0) is 42.7. The van der Waals surface area contributed by atoms with Crippen LogP contribution < -0.4 is 25.4 Å². The van der Waals surface area contributed by atoms with Crippen LogP contribution in [0.1, 0.15) is 113 Å². The first-order valence-electron chi connectivity index (χ1n) is 22.3. The Balaban J connectivity index is 0.000000184. The van der Waals surface area contributed by atoms with E-state index in [-0.39, 0.29) is 11.5 Å². The van der Waals surface area contributed by atoms with Crippen LogP contribution in [0.2, 0.25) is 0 Å². The van der Waals surface area contributed by atoms with Crippen molar-refractivity contribution in [2.45, 2.75) is 122 Å². The number of rotatable bonds is 17. The predicted octanol–water partition coefficient (Wildman–Crippen LogP) is 8.21. The quantitative estimate of drug-likeness (QED) is 0.0669. The number of amides is 4. The molecule has 5 N–H and O–H groups in total. The van der Waals surface area contributed by atoms with E-state index in [2.05, 4.69) is 61.8 Å². The SMILES string of the molecule is O=C(Nc1c2c(cc3c1CCC3)CCC2)NS(=O)(=O)CCCCCc1ccccc1.O=C(Nc1c2c(cc3c1CCC3)CCC2)NS(=O)(=O)CCCCNCc1ccccc1. The van der Waals surface area contributed by atoms with Gasteiger partial charge in [0.15, 0.2) is 0 Å². The van der Waals surface area contributed by atoms with E-state index in [0.29, 0.717) is 12.8 Å². The van der Waals surface area contributed by atoms with E-state index in [1.54, 1.807) is 0 Å². The topological polar surface area (TPSA) is 163 Å². The van der Waals surface area contributed by atoms with Crippen molar-refractivity contribution in [3.05, 3.63) is 128 Å². The van der Waals surface area contributed by atoms with Crippen molar-refractivity contribution < 1.29 is 26.4 Å². The third-order valence-electron chi connectivity index (χ3n) is 12.3. The smallest absolute Gasteiger partial charge is 0.313 e. The van der Waals surface area contributed by atoms with Crippen LogP contribution in [0.3, 0.4) is 0 Å². The second kappa shape index (κ2) is 20.9. The molecule has 8 rings (SSSR count). The average molecular weight is 868 g/mol. The van der Waals surface area contributed by atoms with Crippen LogP contribution in [0.5, 0.6) is 0 Å². The van der Waals surface area contributed by atoms with Crippen LogP contribution in [0.15, 0.2) is 72.8 Å². The van der Waals surface area contributed by atoms with Crippen molar-refractivity contribution in [2.24, 2.45) is 0 Å². The molecule has 0 bridgehead atoms. The van der Waals surface area contributed by atoms with Crippen LogP contribution >= 0.6 is 0 Å². The fourth-order valence-electron chi connectivity index (χ4n) is 9.41. The normalized spacial score (nSPS) is 14.9. The van der Waals surface area contributed by atoms with Crippen molar-refractivity contribution in [1.82, 2.24) is 14.8 Å². The summed E-state index contributed by atoms with van der Waals surface area (Å²) < 4.78 is 53.9. The Labute approximate surface area is 362 Å². The van der Waals surface area contributed by atoms with Gasteiger partial charge in [0.25, 0.3) is 0 Å². The molecule has 0 fully saturated rings. The van der Waals surface area contributed by atoms with Crippen LogP contribution in [-0.2, 0) is 84.4 Å². The fourth-order valence-corrected chi connectivity index (χ4v) is 11.4. The van der Waals surface area contributed by atoms with E-state index in [9.17, 15) is 26.4 Å². The lowest BCUT2D eigenvalue weighted by atomic mass is 9.99. The Kier molecular flexibility index (Phi) is 15.2. The first-order chi connectivity index (χ1) is 29.5. The molecule has 13 heteroatoms. The van der Waals surface area contributed by atoms with Gasteiger partial charge in [0, 0.05) is 17.9 Å². The first-order valence-corrected chi connectivity index (χ1v) is 25.6. The molecular weight excluding hydrogens is 807 g/mol. The molecule has 0 saturated carbocycles. The van der Waals surface area contributed by atoms with Crippen molar-refractivity contribution in [3.63, 3.8) is 0 Å². The Hall–Kier alpha value is -4.72. The van der Waals surface area contributed by atoms with Gasteiger partial charge in [-0.25, -0.2) is 35.9 Å².